The van der Waals surface area contributed by atoms with Crippen molar-refractivity contribution in [3.8, 4) is 0 Å². The predicted molar refractivity (Wildman–Crippen MR) is 69.4 cm³/mol. The number of nitrogens with zero attached hydrogens (tertiary/aromatic N) is 5. The molecule has 0 fully saturated rings. The van der Waals surface area contributed by atoms with Crippen molar-refractivity contribution in [3.63, 3.8) is 0 Å². The zero-order valence-electron chi connectivity index (χ0n) is 11.4. The predicted octanol–water partition coefficient (Wildman–Crippen LogP) is -0.487. The molecule has 0 aromatic carbocycles. The molecular formula is C12H14N6O3. The number of carbonyl (C=O) groups is 2. The number of aryl methyl sites for hydroxylation is 2. The summed E-state index contributed by atoms with van der Waals surface area (Å²) in [5, 5.41) is 23.8. The van der Waals surface area contributed by atoms with E-state index >= 15 is 0 Å². The third kappa shape index (κ3) is 2.37. The number of aromatic nitrogens is 5. The van der Waals surface area contributed by atoms with Gasteiger partial charge in [0.1, 0.15) is 17.6 Å². The maximum absolute atomic E-state index is 11.9. The van der Waals surface area contributed by atoms with Crippen molar-refractivity contribution in [3.05, 3.63) is 29.6 Å². The standard InChI is InChI=1S/C12H14N6O3/c1-17-5-4-7(16-17)11(19)13-6-10-15-14-9-3-2-8(12(20)21)18(9)10/h4-5,8H,2-3,6H2,1H3,(H,13,19)(H,20,21). The van der Waals surface area contributed by atoms with Gasteiger partial charge in [0.05, 0.1) is 6.54 Å². The van der Waals surface area contributed by atoms with Crippen LogP contribution in [-0.4, -0.2) is 41.5 Å². The summed E-state index contributed by atoms with van der Waals surface area (Å²) in [6, 6.07) is 0.945. The first kappa shape index (κ1) is 13.3. The van der Waals surface area contributed by atoms with Gasteiger partial charge in [0.25, 0.3) is 5.91 Å². The minimum atomic E-state index is -0.911. The fourth-order valence-corrected chi connectivity index (χ4v) is 2.43. The van der Waals surface area contributed by atoms with Crippen LogP contribution < -0.4 is 5.32 Å². The van der Waals surface area contributed by atoms with Crippen molar-refractivity contribution in [1.29, 1.82) is 0 Å². The van der Waals surface area contributed by atoms with Crippen LogP contribution in [0.2, 0.25) is 0 Å². The molecule has 0 saturated carbocycles. The third-order valence-electron chi connectivity index (χ3n) is 3.43. The van der Waals surface area contributed by atoms with Gasteiger partial charge in [0.2, 0.25) is 0 Å². The first-order chi connectivity index (χ1) is 10.1. The van der Waals surface area contributed by atoms with Crippen molar-refractivity contribution in [2.75, 3.05) is 0 Å². The molecule has 0 bridgehead atoms. The van der Waals surface area contributed by atoms with Crippen LogP contribution in [0, 0.1) is 0 Å². The zero-order valence-corrected chi connectivity index (χ0v) is 11.4. The lowest BCUT2D eigenvalue weighted by Crippen LogP contribution is -2.27. The molecule has 2 N–H and O–H groups in total. The quantitative estimate of drug-likeness (QED) is 0.785. The Balaban J connectivity index is 1.72. The second-order valence-corrected chi connectivity index (χ2v) is 4.85. The highest BCUT2D eigenvalue weighted by molar-refractivity contribution is 5.92. The van der Waals surface area contributed by atoms with Crippen molar-refractivity contribution >= 4 is 11.9 Å². The zero-order chi connectivity index (χ0) is 15.0. The number of aliphatic carboxylic acids is 1. The van der Waals surface area contributed by atoms with Crippen LogP contribution >= 0.6 is 0 Å². The average molecular weight is 290 g/mol. The first-order valence-electron chi connectivity index (χ1n) is 6.49. The number of amides is 1. The molecule has 2 aromatic heterocycles. The van der Waals surface area contributed by atoms with E-state index in [0.29, 0.717) is 30.2 Å². The summed E-state index contributed by atoms with van der Waals surface area (Å²) < 4.78 is 3.12. The molecule has 1 atom stereocenters. The van der Waals surface area contributed by atoms with Gasteiger partial charge in [-0.2, -0.15) is 5.10 Å². The Morgan fingerprint density at radius 3 is 2.95 bits per heavy atom. The number of fused-ring (bicyclic) bond motifs is 1. The Morgan fingerprint density at radius 2 is 2.29 bits per heavy atom. The molecule has 0 spiro atoms. The minimum Gasteiger partial charge on any atom is -0.480 e. The Labute approximate surface area is 119 Å². The molecule has 0 saturated heterocycles. The molecule has 1 aliphatic heterocycles. The first-order valence-corrected chi connectivity index (χ1v) is 6.49. The SMILES string of the molecule is Cn1ccc(C(=O)NCc2nnc3n2C(C(=O)O)CC3)n1. The lowest BCUT2D eigenvalue weighted by molar-refractivity contribution is -0.140. The van der Waals surface area contributed by atoms with Gasteiger partial charge in [-0.15, -0.1) is 10.2 Å². The molecule has 1 unspecified atom stereocenters. The van der Waals surface area contributed by atoms with Crippen LogP contribution in [0.25, 0.3) is 0 Å². The van der Waals surface area contributed by atoms with Gasteiger partial charge in [-0.3, -0.25) is 14.0 Å². The van der Waals surface area contributed by atoms with E-state index < -0.39 is 12.0 Å². The Hall–Kier alpha value is -2.71. The Morgan fingerprint density at radius 1 is 1.48 bits per heavy atom. The van der Waals surface area contributed by atoms with Gasteiger partial charge in [-0.25, -0.2) is 4.79 Å². The van der Waals surface area contributed by atoms with Crippen LogP contribution in [0.3, 0.4) is 0 Å². The van der Waals surface area contributed by atoms with Gasteiger partial charge in [0.15, 0.2) is 5.82 Å². The fourth-order valence-electron chi connectivity index (χ4n) is 2.43. The van der Waals surface area contributed by atoms with E-state index in [0.717, 1.165) is 0 Å². The van der Waals surface area contributed by atoms with E-state index in [1.54, 1.807) is 23.9 Å². The monoisotopic (exact) mass is 290 g/mol. The van der Waals surface area contributed by atoms with Crippen molar-refractivity contribution < 1.29 is 14.7 Å². The number of hydrogen-bond donors (Lipinski definition) is 2. The fraction of sp³-hybridized carbons (Fsp3) is 0.417. The average Bonchev–Trinajstić information content (AvgIpc) is 3.11. The van der Waals surface area contributed by atoms with E-state index in [9.17, 15) is 14.7 Å². The molecule has 0 aliphatic carbocycles. The number of nitrogens with one attached hydrogen (secondary N) is 1. The summed E-state index contributed by atoms with van der Waals surface area (Å²) in [7, 11) is 1.72. The van der Waals surface area contributed by atoms with Crippen molar-refractivity contribution in [2.24, 2.45) is 7.05 Å². The van der Waals surface area contributed by atoms with Gasteiger partial charge < -0.3 is 10.4 Å². The van der Waals surface area contributed by atoms with E-state index in [2.05, 4.69) is 20.6 Å². The second kappa shape index (κ2) is 5.00. The van der Waals surface area contributed by atoms with Crippen LogP contribution in [-0.2, 0) is 24.8 Å². The highest BCUT2D eigenvalue weighted by atomic mass is 16.4. The summed E-state index contributed by atoms with van der Waals surface area (Å²) >= 11 is 0. The molecule has 110 valence electrons. The van der Waals surface area contributed by atoms with Crippen molar-refractivity contribution in [2.45, 2.75) is 25.4 Å². The number of rotatable bonds is 4. The van der Waals surface area contributed by atoms with Crippen LogP contribution in [0.4, 0.5) is 0 Å². The molecule has 0 radical (unpaired) electrons. The van der Waals surface area contributed by atoms with E-state index in [-0.39, 0.29) is 12.5 Å². The van der Waals surface area contributed by atoms with Crippen LogP contribution in [0.5, 0.6) is 0 Å². The maximum Gasteiger partial charge on any atom is 0.326 e. The second-order valence-electron chi connectivity index (χ2n) is 4.85. The Kier molecular flexibility index (Phi) is 3.16. The topological polar surface area (TPSA) is 115 Å². The molecule has 3 heterocycles. The van der Waals surface area contributed by atoms with Gasteiger partial charge >= 0.3 is 5.97 Å². The number of carbonyl (C=O) groups excluding carboxylic acids is 1. The number of carboxylic acids is 1. The smallest absolute Gasteiger partial charge is 0.326 e. The van der Waals surface area contributed by atoms with Crippen LogP contribution in [0.1, 0.15) is 34.6 Å². The number of hydrogen-bond acceptors (Lipinski definition) is 5. The molecule has 2 aromatic rings. The highest BCUT2D eigenvalue weighted by Crippen LogP contribution is 2.26. The lowest BCUT2D eigenvalue weighted by Gasteiger charge is -2.10. The largest absolute Gasteiger partial charge is 0.480 e. The lowest BCUT2D eigenvalue weighted by atomic mass is 10.2. The van der Waals surface area contributed by atoms with Gasteiger partial charge in [0, 0.05) is 19.7 Å². The minimum absolute atomic E-state index is 0.117. The van der Waals surface area contributed by atoms with Gasteiger partial charge in [-0.1, -0.05) is 0 Å². The van der Waals surface area contributed by atoms with E-state index in [1.807, 2.05) is 0 Å². The molecule has 21 heavy (non-hydrogen) atoms. The highest BCUT2D eigenvalue weighted by Gasteiger charge is 2.32. The molecule has 1 aliphatic rings. The van der Waals surface area contributed by atoms with Gasteiger partial charge in [-0.05, 0) is 12.5 Å². The normalized spacial score (nSPS) is 16.7. The maximum atomic E-state index is 11.9. The summed E-state index contributed by atoms with van der Waals surface area (Å²) in [5.74, 6) is -0.160. The molecule has 9 heteroatoms. The van der Waals surface area contributed by atoms with E-state index in [4.69, 9.17) is 0 Å². The molecule has 3 rings (SSSR count). The number of carboxylic acid groups (broad SMARTS) is 1. The van der Waals surface area contributed by atoms with Crippen molar-refractivity contribution in [1.82, 2.24) is 29.9 Å². The summed E-state index contributed by atoms with van der Waals surface area (Å²) in [6.45, 7) is 0.117. The Bertz CT molecular complexity index is 704. The summed E-state index contributed by atoms with van der Waals surface area (Å²) in [6.07, 6.45) is 2.75. The molecule has 1 amide bonds. The third-order valence-corrected chi connectivity index (χ3v) is 3.43. The summed E-state index contributed by atoms with van der Waals surface area (Å²) in [4.78, 5) is 23.1. The van der Waals surface area contributed by atoms with E-state index in [1.165, 1.54) is 4.68 Å². The summed E-state index contributed by atoms with van der Waals surface area (Å²) in [5.41, 5.74) is 0.299. The molecular weight excluding hydrogens is 276 g/mol. The van der Waals surface area contributed by atoms with Crippen LogP contribution in [0.15, 0.2) is 12.3 Å². The molecule has 9 nitrogen and oxygen atoms in total.